The molecule has 6 heteroatoms. The molecule has 3 rings (SSSR count). The van der Waals surface area contributed by atoms with Gasteiger partial charge in [-0.15, -0.1) is 0 Å². The van der Waals surface area contributed by atoms with Gasteiger partial charge < -0.3 is 10.6 Å². The Hall–Kier alpha value is -1.30. The molecule has 0 radical (unpaired) electrons. The van der Waals surface area contributed by atoms with E-state index >= 15 is 0 Å². The van der Waals surface area contributed by atoms with Crippen LogP contribution in [0.4, 0.5) is 18.9 Å². The highest BCUT2D eigenvalue weighted by molar-refractivity contribution is 7.80. The van der Waals surface area contributed by atoms with Crippen LogP contribution >= 0.6 is 12.2 Å². The lowest BCUT2D eigenvalue weighted by atomic mass is 9.96. The van der Waals surface area contributed by atoms with Crippen LogP contribution in [-0.2, 0) is 6.18 Å². The van der Waals surface area contributed by atoms with Gasteiger partial charge in [0.05, 0.1) is 5.56 Å². The van der Waals surface area contributed by atoms with Gasteiger partial charge in [-0.3, -0.25) is 0 Å². The maximum absolute atomic E-state index is 12.5. The molecule has 114 valence electrons. The number of halogens is 3. The lowest BCUT2D eigenvalue weighted by Crippen LogP contribution is -2.40. The van der Waals surface area contributed by atoms with Crippen molar-refractivity contribution in [1.29, 1.82) is 0 Å². The Balaban J connectivity index is 1.55. The van der Waals surface area contributed by atoms with E-state index in [0.717, 1.165) is 24.5 Å². The van der Waals surface area contributed by atoms with Crippen molar-refractivity contribution < 1.29 is 13.2 Å². The van der Waals surface area contributed by atoms with E-state index in [2.05, 4.69) is 10.6 Å². The third kappa shape index (κ3) is 3.31. The van der Waals surface area contributed by atoms with E-state index in [0.29, 0.717) is 22.8 Å². The zero-order valence-electron chi connectivity index (χ0n) is 11.4. The Morgan fingerprint density at radius 3 is 2.33 bits per heavy atom. The highest BCUT2D eigenvalue weighted by Crippen LogP contribution is 2.44. The summed E-state index contributed by atoms with van der Waals surface area (Å²) >= 11 is 5.25. The zero-order valence-corrected chi connectivity index (χ0v) is 12.2. The molecule has 0 spiro atoms. The summed E-state index contributed by atoms with van der Waals surface area (Å²) in [7, 11) is 0. The quantitative estimate of drug-likeness (QED) is 0.801. The molecule has 0 saturated heterocycles. The van der Waals surface area contributed by atoms with Gasteiger partial charge in [-0.05, 0) is 67.6 Å². The van der Waals surface area contributed by atoms with Crippen LogP contribution in [0.25, 0.3) is 0 Å². The Bertz CT molecular complexity index is 527. The minimum atomic E-state index is -4.31. The average Bonchev–Trinajstić information content (AvgIpc) is 3.00. The second-order valence-electron chi connectivity index (χ2n) is 5.95. The summed E-state index contributed by atoms with van der Waals surface area (Å²) in [5.41, 5.74) is -0.0799. The predicted octanol–water partition coefficient (Wildman–Crippen LogP) is 4.18. The standard InChI is InChI=1S/C15H17F3N2S/c16-15(17,18)11-3-5-12(6-4-11)19-14(21)20-13-8-9-1-2-10(13)7-9/h3-6,9-10,13H,1-2,7-8H2,(H2,19,20,21)/t9-,10-,13-/m1/s1. The van der Waals surface area contributed by atoms with Gasteiger partial charge in [0.2, 0.25) is 0 Å². The fourth-order valence-corrected chi connectivity index (χ4v) is 3.77. The molecular weight excluding hydrogens is 297 g/mol. The van der Waals surface area contributed by atoms with Crippen molar-refractivity contribution in [2.24, 2.45) is 11.8 Å². The van der Waals surface area contributed by atoms with Gasteiger partial charge in [-0.2, -0.15) is 13.2 Å². The molecule has 2 N–H and O–H groups in total. The number of hydrogen-bond donors (Lipinski definition) is 2. The molecule has 2 aliphatic rings. The normalized spacial score (nSPS) is 27.7. The molecule has 0 unspecified atom stereocenters. The minimum absolute atomic E-state index is 0.415. The highest BCUT2D eigenvalue weighted by Gasteiger charge is 2.39. The summed E-state index contributed by atoms with van der Waals surface area (Å²) in [5.74, 6) is 1.52. The summed E-state index contributed by atoms with van der Waals surface area (Å²) in [6.07, 6.45) is 0.702. The van der Waals surface area contributed by atoms with Crippen molar-refractivity contribution in [3.63, 3.8) is 0 Å². The van der Waals surface area contributed by atoms with Crippen molar-refractivity contribution >= 4 is 23.0 Å². The van der Waals surface area contributed by atoms with Gasteiger partial charge in [0.15, 0.2) is 5.11 Å². The lowest BCUT2D eigenvalue weighted by molar-refractivity contribution is -0.137. The summed E-state index contributed by atoms with van der Waals surface area (Å²) in [5, 5.41) is 6.75. The third-order valence-corrected chi connectivity index (χ3v) is 4.74. The number of benzene rings is 1. The first-order chi connectivity index (χ1) is 9.91. The Morgan fingerprint density at radius 2 is 1.81 bits per heavy atom. The van der Waals surface area contributed by atoms with Crippen LogP contribution in [0, 0.1) is 11.8 Å². The first-order valence-corrected chi connectivity index (χ1v) is 7.57. The SMILES string of the molecule is FC(F)(F)c1ccc(NC(=S)N[C@@H]2C[C@@H]3CC[C@@H]2C3)cc1. The molecular formula is C15H17F3N2S. The van der Waals surface area contributed by atoms with E-state index in [1.54, 1.807) is 0 Å². The summed E-state index contributed by atoms with van der Waals surface area (Å²) < 4.78 is 37.4. The largest absolute Gasteiger partial charge is 0.416 e. The van der Waals surface area contributed by atoms with Crippen LogP contribution < -0.4 is 10.6 Å². The first kappa shape index (κ1) is 14.6. The fraction of sp³-hybridized carbons (Fsp3) is 0.533. The molecule has 1 aromatic rings. The number of rotatable bonds is 2. The summed E-state index contributed by atoms with van der Waals surface area (Å²) in [6, 6.07) is 5.33. The van der Waals surface area contributed by atoms with Crippen molar-refractivity contribution in [1.82, 2.24) is 5.32 Å². The number of fused-ring (bicyclic) bond motifs is 2. The van der Waals surface area contributed by atoms with E-state index in [9.17, 15) is 13.2 Å². The van der Waals surface area contributed by atoms with E-state index in [-0.39, 0.29) is 0 Å². The average molecular weight is 314 g/mol. The van der Waals surface area contributed by atoms with Crippen molar-refractivity contribution in [3.8, 4) is 0 Å². The molecule has 3 atom stereocenters. The van der Waals surface area contributed by atoms with Crippen LogP contribution in [0.5, 0.6) is 0 Å². The fourth-order valence-electron chi connectivity index (χ4n) is 3.50. The Labute approximate surface area is 127 Å². The van der Waals surface area contributed by atoms with Crippen LogP contribution in [0.1, 0.15) is 31.2 Å². The second kappa shape index (κ2) is 5.48. The molecule has 2 nitrogen and oxygen atoms in total. The van der Waals surface area contributed by atoms with E-state index in [1.807, 2.05) is 0 Å². The van der Waals surface area contributed by atoms with Crippen molar-refractivity contribution in [3.05, 3.63) is 29.8 Å². The molecule has 0 aromatic heterocycles. The smallest absolute Gasteiger partial charge is 0.359 e. The van der Waals surface area contributed by atoms with Gasteiger partial charge in [0.25, 0.3) is 0 Å². The summed E-state index contributed by atoms with van der Waals surface area (Å²) in [6.45, 7) is 0. The molecule has 0 amide bonds. The number of thiocarbonyl (C=S) groups is 1. The van der Waals surface area contributed by atoms with Gasteiger partial charge >= 0.3 is 6.18 Å². The molecule has 21 heavy (non-hydrogen) atoms. The van der Waals surface area contributed by atoms with E-state index in [1.165, 1.54) is 31.4 Å². The number of hydrogen-bond acceptors (Lipinski definition) is 1. The molecule has 2 saturated carbocycles. The molecule has 1 aromatic carbocycles. The minimum Gasteiger partial charge on any atom is -0.359 e. The second-order valence-corrected chi connectivity index (χ2v) is 6.36. The summed E-state index contributed by atoms with van der Waals surface area (Å²) in [4.78, 5) is 0. The van der Waals surface area contributed by atoms with Crippen LogP contribution in [0.2, 0.25) is 0 Å². The molecule has 0 heterocycles. The van der Waals surface area contributed by atoms with Crippen LogP contribution in [0.3, 0.4) is 0 Å². The van der Waals surface area contributed by atoms with E-state index in [4.69, 9.17) is 12.2 Å². The molecule has 2 fully saturated rings. The van der Waals surface area contributed by atoms with Crippen LogP contribution in [0.15, 0.2) is 24.3 Å². The van der Waals surface area contributed by atoms with Gasteiger partial charge in [-0.25, -0.2) is 0 Å². The Kier molecular flexibility index (Phi) is 3.82. The topological polar surface area (TPSA) is 24.1 Å². The van der Waals surface area contributed by atoms with E-state index < -0.39 is 11.7 Å². The lowest BCUT2D eigenvalue weighted by Gasteiger charge is -2.24. The maximum atomic E-state index is 12.5. The third-order valence-electron chi connectivity index (χ3n) is 4.52. The van der Waals surface area contributed by atoms with Crippen molar-refractivity contribution in [2.45, 2.75) is 37.9 Å². The van der Waals surface area contributed by atoms with Gasteiger partial charge in [0, 0.05) is 11.7 Å². The van der Waals surface area contributed by atoms with Gasteiger partial charge in [0.1, 0.15) is 0 Å². The highest BCUT2D eigenvalue weighted by atomic mass is 32.1. The Morgan fingerprint density at radius 1 is 1.10 bits per heavy atom. The number of nitrogens with one attached hydrogen (secondary N) is 2. The predicted molar refractivity (Wildman–Crippen MR) is 80.0 cm³/mol. The number of alkyl halides is 3. The maximum Gasteiger partial charge on any atom is 0.416 e. The van der Waals surface area contributed by atoms with Gasteiger partial charge in [-0.1, -0.05) is 6.42 Å². The molecule has 2 aliphatic carbocycles. The molecule has 2 bridgehead atoms. The number of anilines is 1. The van der Waals surface area contributed by atoms with Crippen LogP contribution in [-0.4, -0.2) is 11.2 Å². The zero-order chi connectivity index (χ0) is 15.0. The molecule has 0 aliphatic heterocycles. The monoisotopic (exact) mass is 314 g/mol. The van der Waals surface area contributed by atoms with Crippen molar-refractivity contribution in [2.75, 3.05) is 5.32 Å². The first-order valence-electron chi connectivity index (χ1n) is 7.16.